The number of carbonyl (C=O) groups is 2. The molecule has 3 rings (SSSR count). The minimum Gasteiger partial charge on any atom is -0.388 e. The molecule has 6 heteroatoms. The molecule has 24 heavy (non-hydrogen) atoms. The van der Waals surface area contributed by atoms with E-state index in [0.717, 1.165) is 24.8 Å². The first-order chi connectivity index (χ1) is 11.6. The van der Waals surface area contributed by atoms with E-state index in [4.69, 9.17) is 0 Å². The molecule has 1 aromatic carbocycles. The van der Waals surface area contributed by atoms with Crippen molar-refractivity contribution in [1.82, 2.24) is 10.6 Å². The molecule has 1 aromatic heterocycles. The Labute approximate surface area is 144 Å². The van der Waals surface area contributed by atoms with Crippen LogP contribution in [0.1, 0.15) is 44.9 Å². The number of hydrogen-bond donors (Lipinski definition) is 3. The lowest BCUT2D eigenvalue weighted by Gasteiger charge is -2.36. The second-order valence-electron chi connectivity index (χ2n) is 6.12. The van der Waals surface area contributed by atoms with Gasteiger partial charge in [-0.3, -0.25) is 9.59 Å². The Morgan fingerprint density at radius 2 is 1.83 bits per heavy atom. The quantitative estimate of drug-likeness (QED) is 0.752. The van der Waals surface area contributed by atoms with E-state index in [1.165, 1.54) is 11.3 Å². The van der Waals surface area contributed by atoms with Gasteiger partial charge in [0, 0.05) is 18.7 Å². The Morgan fingerprint density at radius 1 is 1.08 bits per heavy atom. The van der Waals surface area contributed by atoms with Crippen LogP contribution in [0.2, 0.25) is 0 Å². The molecule has 1 aliphatic carbocycles. The second kappa shape index (κ2) is 7.15. The van der Waals surface area contributed by atoms with Crippen LogP contribution in [-0.4, -0.2) is 29.1 Å². The summed E-state index contributed by atoms with van der Waals surface area (Å²) in [4.78, 5) is 24.6. The molecule has 1 aliphatic rings. The van der Waals surface area contributed by atoms with Crippen molar-refractivity contribution >= 4 is 23.2 Å². The summed E-state index contributed by atoms with van der Waals surface area (Å²) in [6.07, 6.45) is 2.50. The number of hydrogen-bond acceptors (Lipinski definition) is 4. The molecule has 0 saturated heterocycles. The Kier molecular flexibility index (Phi) is 4.97. The van der Waals surface area contributed by atoms with E-state index < -0.39 is 5.60 Å². The highest BCUT2D eigenvalue weighted by Crippen LogP contribution is 2.30. The van der Waals surface area contributed by atoms with E-state index in [-0.39, 0.29) is 11.8 Å². The van der Waals surface area contributed by atoms with Crippen molar-refractivity contribution in [2.75, 3.05) is 6.54 Å². The van der Waals surface area contributed by atoms with Crippen molar-refractivity contribution in [2.45, 2.75) is 31.4 Å². The van der Waals surface area contributed by atoms with Crippen LogP contribution < -0.4 is 10.6 Å². The number of nitrogens with one attached hydrogen (secondary N) is 2. The molecule has 3 N–H and O–H groups in total. The van der Waals surface area contributed by atoms with Gasteiger partial charge in [0.25, 0.3) is 11.8 Å². The van der Waals surface area contributed by atoms with Crippen molar-refractivity contribution in [3.05, 3.63) is 57.8 Å². The zero-order valence-electron chi connectivity index (χ0n) is 13.2. The van der Waals surface area contributed by atoms with Gasteiger partial charge in [0.1, 0.15) is 0 Å². The maximum absolute atomic E-state index is 12.1. The summed E-state index contributed by atoms with van der Waals surface area (Å²) >= 11 is 1.40. The highest BCUT2D eigenvalue weighted by atomic mass is 32.1. The Hall–Kier alpha value is -2.18. The standard InChI is InChI=1S/C18H20N2O3S/c21-16(20-12-18(23)8-2-9-18)14-6-4-13(5-7-14)11-19-17(22)15-3-1-10-24-15/h1,3-7,10,23H,2,8-9,11-12H2,(H,19,22)(H,20,21). The molecule has 1 fully saturated rings. The van der Waals surface area contributed by atoms with Gasteiger partial charge in [-0.05, 0) is 48.4 Å². The number of carbonyl (C=O) groups excluding carboxylic acids is 2. The third-order valence-corrected chi connectivity index (χ3v) is 5.15. The summed E-state index contributed by atoms with van der Waals surface area (Å²) in [5.74, 6) is -0.287. The minimum absolute atomic E-state index is 0.0967. The molecule has 0 radical (unpaired) electrons. The lowest BCUT2D eigenvalue weighted by atomic mass is 9.80. The Bertz CT molecular complexity index is 706. The molecule has 0 atom stereocenters. The van der Waals surface area contributed by atoms with Crippen molar-refractivity contribution in [3.63, 3.8) is 0 Å². The predicted molar refractivity (Wildman–Crippen MR) is 93.1 cm³/mol. The van der Waals surface area contributed by atoms with Crippen LogP contribution in [0.3, 0.4) is 0 Å². The van der Waals surface area contributed by atoms with E-state index >= 15 is 0 Å². The summed E-state index contributed by atoms with van der Waals surface area (Å²) in [5, 5.41) is 17.5. The molecule has 0 spiro atoms. The first-order valence-corrected chi connectivity index (χ1v) is 8.85. The monoisotopic (exact) mass is 344 g/mol. The third kappa shape index (κ3) is 4.01. The number of thiophene rings is 1. The molecule has 2 aromatic rings. The summed E-state index contributed by atoms with van der Waals surface area (Å²) in [6, 6.07) is 10.7. The fourth-order valence-corrected chi connectivity index (χ4v) is 3.20. The predicted octanol–water partition coefficient (Wildman–Crippen LogP) is 2.32. The fourth-order valence-electron chi connectivity index (χ4n) is 2.56. The van der Waals surface area contributed by atoms with E-state index in [1.807, 2.05) is 23.6 Å². The lowest BCUT2D eigenvalue weighted by Crippen LogP contribution is -2.47. The average Bonchev–Trinajstić information content (AvgIpc) is 3.11. The van der Waals surface area contributed by atoms with Crippen molar-refractivity contribution < 1.29 is 14.7 Å². The lowest BCUT2D eigenvalue weighted by molar-refractivity contribution is -0.0300. The van der Waals surface area contributed by atoms with E-state index in [9.17, 15) is 14.7 Å². The van der Waals surface area contributed by atoms with Gasteiger partial charge in [0.05, 0.1) is 10.5 Å². The average molecular weight is 344 g/mol. The van der Waals surface area contributed by atoms with Crippen molar-refractivity contribution in [1.29, 1.82) is 0 Å². The zero-order chi connectivity index (χ0) is 17.0. The Morgan fingerprint density at radius 3 is 2.42 bits per heavy atom. The van der Waals surface area contributed by atoms with Crippen LogP contribution in [0.15, 0.2) is 41.8 Å². The third-order valence-electron chi connectivity index (χ3n) is 4.28. The first kappa shape index (κ1) is 16.7. The van der Waals surface area contributed by atoms with Gasteiger partial charge in [-0.1, -0.05) is 18.2 Å². The molecule has 1 saturated carbocycles. The summed E-state index contributed by atoms with van der Waals surface area (Å²) in [5.41, 5.74) is 0.752. The fraction of sp³-hybridized carbons (Fsp3) is 0.333. The Balaban J connectivity index is 1.49. The molecule has 5 nitrogen and oxygen atoms in total. The van der Waals surface area contributed by atoms with Crippen LogP contribution >= 0.6 is 11.3 Å². The first-order valence-electron chi connectivity index (χ1n) is 7.97. The van der Waals surface area contributed by atoms with E-state index in [0.29, 0.717) is 23.5 Å². The van der Waals surface area contributed by atoms with Crippen LogP contribution in [-0.2, 0) is 6.54 Å². The van der Waals surface area contributed by atoms with Crippen molar-refractivity contribution in [2.24, 2.45) is 0 Å². The highest BCUT2D eigenvalue weighted by molar-refractivity contribution is 7.12. The largest absolute Gasteiger partial charge is 0.388 e. The SMILES string of the molecule is O=C(NCC1(O)CCC1)c1ccc(CNC(=O)c2cccs2)cc1. The topological polar surface area (TPSA) is 78.4 Å². The second-order valence-corrected chi connectivity index (χ2v) is 7.07. The van der Waals surface area contributed by atoms with Crippen LogP contribution in [0, 0.1) is 0 Å². The van der Waals surface area contributed by atoms with Gasteiger partial charge in [-0.2, -0.15) is 0 Å². The van der Waals surface area contributed by atoms with Gasteiger partial charge >= 0.3 is 0 Å². The molecular formula is C18H20N2O3S. The smallest absolute Gasteiger partial charge is 0.261 e. The van der Waals surface area contributed by atoms with Gasteiger partial charge in [-0.25, -0.2) is 0 Å². The molecule has 0 bridgehead atoms. The van der Waals surface area contributed by atoms with Crippen LogP contribution in [0.25, 0.3) is 0 Å². The number of aliphatic hydroxyl groups is 1. The summed E-state index contributed by atoms with van der Waals surface area (Å²) < 4.78 is 0. The number of rotatable bonds is 6. The van der Waals surface area contributed by atoms with E-state index in [1.54, 1.807) is 18.2 Å². The highest BCUT2D eigenvalue weighted by Gasteiger charge is 2.34. The van der Waals surface area contributed by atoms with Gasteiger partial charge in [0.15, 0.2) is 0 Å². The molecule has 0 aliphatic heterocycles. The normalized spacial score (nSPS) is 15.4. The molecule has 0 unspecified atom stereocenters. The minimum atomic E-state index is -0.721. The molecule has 2 amide bonds. The van der Waals surface area contributed by atoms with Gasteiger partial charge in [-0.15, -0.1) is 11.3 Å². The summed E-state index contributed by atoms with van der Waals surface area (Å²) in [6.45, 7) is 0.711. The maximum Gasteiger partial charge on any atom is 0.261 e. The number of amides is 2. The zero-order valence-corrected chi connectivity index (χ0v) is 14.1. The molecular weight excluding hydrogens is 324 g/mol. The van der Waals surface area contributed by atoms with Crippen molar-refractivity contribution in [3.8, 4) is 0 Å². The molecule has 1 heterocycles. The number of benzene rings is 1. The van der Waals surface area contributed by atoms with Crippen LogP contribution in [0.4, 0.5) is 0 Å². The van der Waals surface area contributed by atoms with Crippen LogP contribution in [0.5, 0.6) is 0 Å². The van der Waals surface area contributed by atoms with E-state index in [2.05, 4.69) is 10.6 Å². The van der Waals surface area contributed by atoms with Gasteiger partial charge < -0.3 is 15.7 Å². The maximum atomic E-state index is 12.1. The van der Waals surface area contributed by atoms with Gasteiger partial charge in [0.2, 0.25) is 0 Å². The summed E-state index contributed by atoms with van der Waals surface area (Å²) in [7, 11) is 0. The molecule has 126 valence electrons.